The quantitative estimate of drug-likeness (QED) is 0.764. The normalized spacial score (nSPS) is 14.5. The Labute approximate surface area is 95.1 Å². The Morgan fingerprint density at radius 1 is 1.38 bits per heavy atom. The lowest BCUT2D eigenvalue weighted by Crippen LogP contribution is -2.24. The van der Waals surface area contributed by atoms with Crippen molar-refractivity contribution in [2.24, 2.45) is 0 Å². The van der Waals surface area contributed by atoms with Gasteiger partial charge in [-0.05, 0) is 25.1 Å². The number of carbonyl (C=O) groups is 1. The maximum atomic E-state index is 12.9. The van der Waals surface area contributed by atoms with Gasteiger partial charge in [0.1, 0.15) is 0 Å². The SMILES string of the molecule is CCS(=O)C(C)C(=O)c1ccc(F)c(F)c1. The lowest BCUT2D eigenvalue weighted by Gasteiger charge is -2.08. The molecular formula is C11H12F2O2S. The molecule has 0 aliphatic heterocycles. The maximum Gasteiger partial charge on any atom is 0.178 e. The highest BCUT2D eigenvalue weighted by Crippen LogP contribution is 2.12. The second kappa shape index (κ2) is 5.30. The third kappa shape index (κ3) is 2.72. The highest BCUT2D eigenvalue weighted by atomic mass is 32.2. The molecule has 88 valence electrons. The third-order valence-electron chi connectivity index (χ3n) is 2.25. The van der Waals surface area contributed by atoms with Crippen molar-refractivity contribution in [3.8, 4) is 0 Å². The zero-order valence-electron chi connectivity index (χ0n) is 9.00. The summed E-state index contributed by atoms with van der Waals surface area (Å²) in [6.07, 6.45) is 0. The first-order chi connectivity index (χ1) is 7.47. The van der Waals surface area contributed by atoms with Crippen molar-refractivity contribution in [3.63, 3.8) is 0 Å². The second-order valence-corrected chi connectivity index (χ2v) is 5.35. The van der Waals surface area contributed by atoms with Gasteiger partial charge in [-0.3, -0.25) is 9.00 Å². The van der Waals surface area contributed by atoms with E-state index in [1.807, 2.05) is 0 Å². The van der Waals surface area contributed by atoms with Crippen LogP contribution in [0, 0.1) is 11.6 Å². The van der Waals surface area contributed by atoms with Crippen LogP contribution in [0.4, 0.5) is 8.78 Å². The van der Waals surface area contributed by atoms with Crippen molar-refractivity contribution in [2.45, 2.75) is 19.1 Å². The van der Waals surface area contributed by atoms with Gasteiger partial charge >= 0.3 is 0 Å². The fraction of sp³-hybridized carbons (Fsp3) is 0.364. The average Bonchev–Trinajstić information content (AvgIpc) is 2.29. The molecular weight excluding hydrogens is 234 g/mol. The molecule has 1 rings (SSSR count). The molecule has 0 amide bonds. The summed E-state index contributed by atoms with van der Waals surface area (Å²) in [5.41, 5.74) is 0.0493. The molecule has 16 heavy (non-hydrogen) atoms. The number of hydrogen-bond donors (Lipinski definition) is 0. The minimum Gasteiger partial charge on any atom is -0.293 e. The molecule has 0 saturated heterocycles. The van der Waals surface area contributed by atoms with E-state index in [-0.39, 0.29) is 5.56 Å². The number of carbonyl (C=O) groups excluding carboxylic acids is 1. The van der Waals surface area contributed by atoms with Crippen LogP contribution < -0.4 is 0 Å². The van der Waals surface area contributed by atoms with Gasteiger partial charge in [0.15, 0.2) is 17.4 Å². The molecule has 0 heterocycles. The van der Waals surface area contributed by atoms with Crippen molar-refractivity contribution in [2.75, 3.05) is 5.75 Å². The Kier molecular flexibility index (Phi) is 4.29. The first-order valence-electron chi connectivity index (χ1n) is 4.83. The van der Waals surface area contributed by atoms with Gasteiger partial charge < -0.3 is 0 Å². The van der Waals surface area contributed by atoms with E-state index in [1.165, 1.54) is 13.0 Å². The van der Waals surface area contributed by atoms with E-state index >= 15 is 0 Å². The summed E-state index contributed by atoms with van der Waals surface area (Å²) in [5.74, 6) is -2.14. The highest BCUT2D eigenvalue weighted by Gasteiger charge is 2.21. The predicted molar refractivity (Wildman–Crippen MR) is 58.8 cm³/mol. The van der Waals surface area contributed by atoms with Crippen molar-refractivity contribution >= 4 is 16.6 Å². The Morgan fingerprint density at radius 3 is 2.50 bits per heavy atom. The third-order valence-corrected chi connectivity index (χ3v) is 3.82. The van der Waals surface area contributed by atoms with Crippen molar-refractivity contribution in [3.05, 3.63) is 35.4 Å². The fourth-order valence-corrected chi connectivity index (χ4v) is 2.13. The molecule has 2 nitrogen and oxygen atoms in total. The van der Waals surface area contributed by atoms with Gasteiger partial charge in [0.2, 0.25) is 0 Å². The van der Waals surface area contributed by atoms with Crippen LogP contribution in [-0.2, 0) is 10.8 Å². The maximum absolute atomic E-state index is 12.9. The van der Waals surface area contributed by atoms with E-state index in [9.17, 15) is 17.8 Å². The minimum absolute atomic E-state index is 0.0493. The first kappa shape index (κ1) is 13.0. The summed E-state index contributed by atoms with van der Waals surface area (Å²) in [6, 6.07) is 2.93. The van der Waals surface area contributed by atoms with Crippen LogP contribution >= 0.6 is 0 Å². The molecule has 0 saturated carbocycles. The number of rotatable bonds is 4. The number of benzene rings is 1. The molecule has 5 heteroatoms. The van der Waals surface area contributed by atoms with Crippen molar-refractivity contribution in [1.82, 2.24) is 0 Å². The monoisotopic (exact) mass is 246 g/mol. The lowest BCUT2D eigenvalue weighted by molar-refractivity contribution is 0.0992. The van der Waals surface area contributed by atoms with Crippen LogP contribution in [-0.4, -0.2) is 21.0 Å². The van der Waals surface area contributed by atoms with Gasteiger partial charge in [0.25, 0.3) is 0 Å². The number of hydrogen-bond acceptors (Lipinski definition) is 2. The largest absolute Gasteiger partial charge is 0.293 e. The molecule has 0 aromatic heterocycles. The highest BCUT2D eigenvalue weighted by molar-refractivity contribution is 7.86. The van der Waals surface area contributed by atoms with Crippen LogP contribution in [0.3, 0.4) is 0 Å². The van der Waals surface area contributed by atoms with Crippen LogP contribution in [0.2, 0.25) is 0 Å². The van der Waals surface area contributed by atoms with Crippen LogP contribution in [0.5, 0.6) is 0 Å². The Bertz CT molecular complexity index is 432. The van der Waals surface area contributed by atoms with E-state index in [1.54, 1.807) is 6.92 Å². The minimum atomic E-state index is -1.28. The topological polar surface area (TPSA) is 34.1 Å². The lowest BCUT2D eigenvalue weighted by atomic mass is 10.1. The Morgan fingerprint density at radius 2 is 2.00 bits per heavy atom. The summed E-state index contributed by atoms with van der Waals surface area (Å²) in [4.78, 5) is 11.7. The summed E-state index contributed by atoms with van der Waals surface area (Å²) in [7, 11) is -1.28. The smallest absolute Gasteiger partial charge is 0.178 e. The summed E-state index contributed by atoms with van der Waals surface area (Å²) < 4.78 is 36.9. The number of ketones is 1. The summed E-state index contributed by atoms with van der Waals surface area (Å²) >= 11 is 0. The zero-order chi connectivity index (χ0) is 12.3. The summed E-state index contributed by atoms with van der Waals surface area (Å²) in [6.45, 7) is 3.22. The number of halogens is 2. The average molecular weight is 246 g/mol. The van der Waals surface area contributed by atoms with E-state index in [2.05, 4.69) is 0 Å². The van der Waals surface area contributed by atoms with Gasteiger partial charge in [-0.2, -0.15) is 0 Å². The van der Waals surface area contributed by atoms with Crippen molar-refractivity contribution in [1.29, 1.82) is 0 Å². The first-order valence-corrected chi connectivity index (χ1v) is 6.22. The van der Waals surface area contributed by atoms with E-state index < -0.39 is 33.5 Å². The Balaban J connectivity index is 2.97. The molecule has 0 fully saturated rings. The predicted octanol–water partition coefficient (Wildman–Crippen LogP) is 2.30. The van der Waals surface area contributed by atoms with Gasteiger partial charge in [0, 0.05) is 22.1 Å². The van der Waals surface area contributed by atoms with Crippen molar-refractivity contribution < 1.29 is 17.8 Å². The van der Waals surface area contributed by atoms with Crippen LogP contribution in [0.25, 0.3) is 0 Å². The molecule has 0 N–H and O–H groups in total. The van der Waals surface area contributed by atoms with Gasteiger partial charge in [0.05, 0.1) is 5.25 Å². The molecule has 1 aromatic rings. The molecule has 2 unspecified atom stereocenters. The molecule has 0 bridgehead atoms. The zero-order valence-corrected chi connectivity index (χ0v) is 9.81. The van der Waals surface area contributed by atoms with E-state index in [0.29, 0.717) is 5.75 Å². The van der Waals surface area contributed by atoms with Gasteiger partial charge in [-0.15, -0.1) is 0 Å². The standard InChI is InChI=1S/C11H12F2O2S/c1-3-16(15)7(2)11(14)8-4-5-9(12)10(13)6-8/h4-7H,3H2,1-2H3. The molecule has 0 aliphatic rings. The van der Waals surface area contributed by atoms with E-state index in [0.717, 1.165) is 12.1 Å². The molecule has 1 aromatic carbocycles. The molecule has 2 atom stereocenters. The molecule has 0 radical (unpaired) electrons. The fourth-order valence-electron chi connectivity index (χ4n) is 1.25. The summed E-state index contributed by atoms with van der Waals surface area (Å²) in [5, 5.41) is -0.699. The molecule has 0 aliphatic carbocycles. The van der Waals surface area contributed by atoms with Crippen LogP contribution in [0.15, 0.2) is 18.2 Å². The van der Waals surface area contributed by atoms with Gasteiger partial charge in [-0.25, -0.2) is 8.78 Å². The van der Waals surface area contributed by atoms with Gasteiger partial charge in [-0.1, -0.05) is 6.92 Å². The van der Waals surface area contributed by atoms with Crippen LogP contribution in [0.1, 0.15) is 24.2 Å². The Hall–Kier alpha value is -1.10. The molecule has 0 spiro atoms. The number of Topliss-reactive ketones (excluding diaryl/α,β-unsaturated/α-hetero) is 1. The van der Waals surface area contributed by atoms with E-state index in [4.69, 9.17) is 0 Å². The second-order valence-electron chi connectivity index (χ2n) is 3.30.